The number of hydrogen-bond donors (Lipinski definition) is 1. The molecule has 3 heteroatoms. The summed E-state index contributed by atoms with van der Waals surface area (Å²) in [4.78, 5) is 0. The van der Waals surface area contributed by atoms with E-state index in [9.17, 15) is 0 Å². The van der Waals surface area contributed by atoms with E-state index in [1.807, 2.05) is 25.2 Å². The van der Waals surface area contributed by atoms with Crippen LogP contribution in [-0.2, 0) is 12.8 Å². The van der Waals surface area contributed by atoms with Gasteiger partial charge in [0.15, 0.2) is 0 Å². The number of furan rings is 1. The zero-order valence-corrected chi connectivity index (χ0v) is 12.1. The van der Waals surface area contributed by atoms with Gasteiger partial charge in [-0.1, -0.05) is 34.1 Å². The van der Waals surface area contributed by atoms with Gasteiger partial charge < -0.3 is 9.73 Å². The first-order valence-electron chi connectivity index (χ1n) is 6.20. The molecule has 0 fully saturated rings. The Balaban J connectivity index is 2.04. The first kappa shape index (κ1) is 13.4. The highest BCUT2D eigenvalue weighted by atomic mass is 79.9. The Morgan fingerprint density at radius 2 is 2.00 bits per heavy atom. The number of nitrogens with one attached hydrogen (secondary N) is 1. The summed E-state index contributed by atoms with van der Waals surface area (Å²) in [7, 11) is 2.00. The summed E-state index contributed by atoms with van der Waals surface area (Å²) < 4.78 is 6.62. The van der Waals surface area contributed by atoms with Crippen LogP contribution in [0.5, 0.6) is 0 Å². The molecule has 96 valence electrons. The molecule has 1 atom stereocenters. The van der Waals surface area contributed by atoms with Crippen molar-refractivity contribution in [2.24, 2.45) is 5.92 Å². The standard InChI is InChI=1S/C15H18BrNO/c1-17-11-12(10-14-6-4-8-18-14)9-13-5-2-3-7-15(13)16/h2-8,12,17H,9-11H2,1H3. The van der Waals surface area contributed by atoms with Crippen molar-refractivity contribution in [2.45, 2.75) is 12.8 Å². The Morgan fingerprint density at radius 3 is 2.67 bits per heavy atom. The Kier molecular flexibility index (Phi) is 5.02. The van der Waals surface area contributed by atoms with Gasteiger partial charge >= 0.3 is 0 Å². The van der Waals surface area contributed by atoms with E-state index in [0.29, 0.717) is 5.92 Å². The molecule has 2 nitrogen and oxygen atoms in total. The molecule has 2 rings (SSSR count). The molecule has 0 radical (unpaired) electrons. The molecule has 18 heavy (non-hydrogen) atoms. The Labute approximate surface area is 117 Å². The van der Waals surface area contributed by atoms with Crippen LogP contribution in [0.1, 0.15) is 11.3 Å². The lowest BCUT2D eigenvalue weighted by molar-refractivity contribution is 0.424. The Hall–Kier alpha value is -1.06. The third kappa shape index (κ3) is 3.72. The highest BCUT2D eigenvalue weighted by molar-refractivity contribution is 9.10. The molecule has 1 heterocycles. The van der Waals surface area contributed by atoms with Gasteiger partial charge in [-0.3, -0.25) is 0 Å². The molecule has 1 aromatic carbocycles. The lowest BCUT2D eigenvalue weighted by Gasteiger charge is -2.16. The zero-order chi connectivity index (χ0) is 12.8. The monoisotopic (exact) mass is 307 g/mol. The van der Waals surface area contributed by atoms with Gasteiger partial charge in [-0.25, -0.2) is 0 Å². The molecular weight excluding hydrogens is 290 g/mol. The number of rotatable bonds is 6. The highest BCUT2D eigenvalue weighted by Crippen LogP contribution is 2.21. The van der Waals surface area contributed by atoms with Crippen LogP contribution in [0.2, 0.25) is 0 Å². The third-order valence-corrected chi connectivity index (χ3v) is 3.80. The maximum Gasteiger partial charge on any atom is 0.104 e. The van der Waals surface area contributed by atoms with Gasteiger partial charge in [-0.15, -0.1) is 0 Å². The Morgan fingerprint density at radius 1 is 1.17 bits per heavy atom. The van der Waals surface area contributed by atoms with Crippen LogP contribution in [0, 0.1) is 5.92 Å². The van der Waals surface area contributed by atoms with Crippen LogP contribution < -0.4 is 5.32 Å². The van der Waals surface area contributed by atoms with Gasteiger partial charge in [-0.2, -0.15) is 0 Å². The lowest BCUT2D eigenvalue weighted by atomic mass is 9.95. The molecule has 1 N–H and O–H groups in total. The zero-order valence-electron chi connectivity index (χ0n) is 10.5. The van der Waals surface area contributed by atoms with Gasteiger partial charge in [0.25, 0.3) is 0 Å². The molecule has 0 amide bonds. The number of benzene rings is 1. The minimum Gasteiger partial charge on any atom is -0.469 e. The summed E-state index contributed by atoms with van der Waals surface area (Å²) >= 11 is 3.61. The van der Waals surface area contributed by atoms with Crippen molar-refractivity contribution in [1.29, 1.82) is 0 Å². The van der Waals surface area contributed by atoms with Crippen LogP contribution >= 0.6 is 15.9 Å². The van der Waals surface area contributed by atoms with Crippen molar-refractivity contribution in [1.82, 2.24) is 5.32 Å². The van der Waals surface area contributed by atoms with E-state index in [2.05, 4.69) is 39.4 Å². The second-order valence-corrected chi connectivity index (χ2v) is 5.36. The van der Waals surface area contributed by atoms with Crippen molar-refractivity contribution < 1.29 is 4.42 Å². The predicted octanol–water partition coefficient (Wildman–Crippen LogP) is 3.66. The normalized spacial score (nSPS) is 12.6. The SMILES string of the molecule is CNCC(Cc1ccco1)Cc1ccccc1Br. The highest BCUT2D eigenvalue weighted by Gasteiger charge is 2.13. The summed E-state index contributed by atoms with van der Waals surface area (Å²) in [6, 6.07) is 12.4. The number of hydrogen-bond acceptors (Lipinski definition) is 2. The van der Waals surface area contributed by atoms with Crippen LogP contribution in [0.25, 0.3) is 0 Å². The summed E-state index contributed by atoms with van der Waals surface area (Å²) in [5.74, 6) is 1.60. The first-order valence-corrected chi connectivity index (χ1v) is 6.99. The summed E-state index contributed by atoms with van der Waals surface area (Å²) in [6.45, 7) is 0.988. The molecule has 0 aliphatic rings. The van der Waals surface area contributed by atoms with Gasteiger partial charge in [0.05, 0.1) is 6.26 Å². The molecule has 0 bridgehead atoms. The molecule has 0 aliphatic heterocycles. The van der Waals surface area contributed by atoms with E-state index in [0.717, 1.165) is 25.1 Å². The second-order valence-electron chi connectivity index (χ2n) is 4.50. The van der Waals surface area contributed by atoms with Crippen LogP contribution in [-0.4, -0.2) is 13.6 Å². The minimum atomic E-state index is 0.542. The van der Waals surface area contributed by atoms with Crippen LogP contribution in [0.15, 0.2) is 51.6 Å². The summed E-state index contributed by atoms with van der Waals surface area (Å²) in [6.07, 6.45) is 3.75. The second kappa shape index (κ2) is 6.76. The van der Waals surface area contributed by atoms with Crippen molar-refractivity contribution in [3.05, 3.63) is 58.5 Å². The topological polar surface area (TPSA) is 25.2 Å². The van der Waals surface area contributed by atoms with E-state index in [-0.39, 0.29) is 0 Å². The predicted molar refractivity (Wildman–Crippen MR) is 77.7 cm³/mol. The van der Waals surface area contributed by atoms with Gasteiger partial charge in [0, 0.05) is 10.9 Å². The molecule has 0 aliphatic carbocycles. The van der Waals surface area contributed by atoms with E-state index < -0.39 is 0 Å². The average Bonchev–Trinajstić information content (AvgIpc) is 2.85. The van der Waals surface area contributed by atoms with Crippen LogP contribution in [0.4, 0.5) is 0 Å². The maximum absolute atomic E-state index is 5.44. The van der Waals surface area contributed by atoms with Crippen LogP contribution in [0.3, 0.4) is 0 Å². The van der Waals surface area contributed by atoms with Gasteiger partial charge in [-0.05, 0) is 49.7 Å². The molecule has 0 saturated carbocycles. The summed E-state index contributed by atoms with van der Waals surface area (Å²) in [5, 5.41) is 3.26. The lowest BCUT2D eigenvalue weighted by Crippen LogP contribution is -2.22. The van der Waals surface area contributed by atoms with E-state index in [1.54, 1.807) is 6.26 Å². The maximum atomic E-state index is 5.44. The fourth-order valence-electron chi connectivity index (χ4n) is 2.19. The smallest absolute Gasteiger partial charge is 0.104 e. The quantitative estimate of drug-likeness (QED) is 0.881. The fraction of sp³-hybridized carbons (Fsp3) is 0.333. The van der Waals surface area contributed by atoms with Crippen molar-refractivity contribution >= 4 is 15.9 Å². The largest absolute Gasteiger partial charge is 0.469 e. The molecule has 0 spiro atoms. The molecule has 0 saturated heterocycles. The molecule has 1 unspecified atom stereocenters. The van der Waals surface area contributed by atoms with Crippen molar-refractivity contribution in [3.8, 4) is 0 Å². The molecule has 1 aromatic heterocycles. The van der Waals surface area contributed by atoms with E-state index >= 15 is 0 Å². The van der Waals surface area contributed by atoms with Gasteiger partial charge in [0.1, 0.15) is 5.76 Å². The van der Waals surface area contributed by atoms with E-state index in [1.165, 1.54) is 10.0 Å². The molecule has 2 aromatic rings. The molecular formula is C15H18BrNO. The van der Waals surface area contributed by atoms with E-state index in [4.69, 9.17) is 4.42 Å². The fourth-order valence-corrected chi connectivity index (χ4v) is 2.64. The number of halogens is 1. The minimum absolute atomic E-state index is 0.542. The van der Waals surface area contributed by atoms with Crippen molar-refractivity contribution in [2.75, 3.05) is 13.6 Å². The average molecular weight is 308 g/mol. The third-order valence-electron chi connectivity index (χ3n) is 3.03. The Bertz CT molecular complexity index is 467. The van der Waals surface area contributed by atoms with Gasteiger partial charge in [0.2, 0.25) is 0 Å². The summed E-state index contributed by atoms with van der Waals surface area (Å²) in [5.41, 5.74) is 1.35. The first-order chi connectivity index (χ1) is 8.79. The van der Waals surface area contributed by atoms with Crippen molar-refractivity contribution in [3.63, 3.8) is 0 Å².